The fraction of sp³-hybridized carbons (Fsp3) is 0.778. The number of nitrogens with one attached hydrogen (secondary N) is 1. The minimum Gasteiger partial charge on any atom is -0.331 e. The molecule has 1 saturated heterocycles. The molecule has 2 aliphatic rings. The van der Waals surface area contributed by atoms with E-state index in [0.717, 1.165) is 32.7 Å². The second-order valence-corrected chi connectivity index (χ2v) is 7.72. The number of Topliss-reactive ketones (excluding diaryl/α,β-unsaturated/α-hetero) is 2. The standard InChI is InChI=1S/C18H29N3O3/c1-4-17(24)21-9-7-20(8-10-21)6-5-19-13-14-15(22)11-18(2,3)12-16(14)23/h13-14H,4-12H2,1-3H3/p+1. The van der Waals surface area contributed by atoms with Crippen LogP contribution in [0, 0.1) is 11.3 Å². The lowest BCUT2D eigenvalue weighted by atomic mass is 9.72. The summed E-state index contributed by atoms with van der Waals surface area (Å²) in [6, 6.07) is 0. The third-order valence-corrected chi connectivity index (χ3v) is 4.97. The predicted molar refractivity (Wildman–Crippen MR) is 92.3 cm³/mol. The first-order valence-electron chi connectivity index (χ1n) is 8.99. The van der Waals surface area contributed by atoms with Gasteiger partial charge in [0, 0.05) is 25.5 Å². The van der Waals surface area contributed by atoms with Gasteiger partial charge in [-0.3, -0.25) is 19.4 Å². The summed E-state index contributed by atoms with van der Waals surface area (Å²) < 4.78 is 0. The topological polar surface area (TPSA) is 71.2 Å². The maximum Gasteiger partial charge on any atom is 0.222 e. The molecule has 0 spiro atoms. The van der Waals surface area contributed by atoms with Gasteiger partial charge in [-0.05, 0) is 5.41 Å². The van der Waals surface area contributed by atoms with Crippen molar-refractivity contribution in [3.05, 3.63) is 0 Å². The number of hydrogen-bond donors (Lipinski definition) is 1. The zero-order valence-electron chi connectivity index (χ0n) is 15.1. The van der Waals surface area contributed by atoms with E-state index in [1.807, 2.05) is 25.7 Å². The van der Waals surface area contributed by atoms with Crippen LogP contribution in [0.4, 0.5) is 0 Å². The Kier molecular flexibility index (Phi) is 6.27. The minimum atomic E-state index is -0.632. The number of carbonyl (C=O) groups is 3. The molecular formula is C18H30N3O3+. The molecule has 0 unspecified atom stereocenters. The molecule has 0 atom stereocenters. The van der Waals surface area contributed by atoms with Gasteiger partial charge >= 0.3 is 0 Å². The predicted octanol–water partition coefficient (Wildman–Crippen LogP) is -0.231. The van der Waals surface area contributed by atoms with E-state index >= 15 is 0 Å². The smallest absolute Gasteiger partial charge is 0.222 e. The van der Waals surface area contributed by atoms with Crippen LogP contribution in [-0.4, -0.2) is 67.9 Å². The monoisotopic (exact) mass is 336 g/mol. The fourth-order valence-corrected chi connectivity index (χ4v) is 3.52. The van der Waals surface area contributed by atoms with E-state index in [2.05, 4.69) is 4.99 Å². The molecule has 6 heteroatoms. The molecule has 24 heavy (non-hydrogen) atoms. The quantitative estimate of drug-likeness (QED) is 0.557. The summed E-state index contributed by atoms with van der Waals surface area (Å²) >= 11 is 0. The minimum absolute atomic E-state index is 0.000890. The molecule has 1 amide bonds. The van der Waals surface area contributed by atoms with Crippen molar-refractivity contribution < 1.29 is 19.3 Å². The van der Waals surface area contributed by atoms with Gasteiger partial charge in [-0.15, -0.1) is 0 Å². The molecule has 1 saturated carbocycles. The van der Waals surface area contributed by atoms with Crippen LogP contribution in [0.2, 0.25) is 0 Å². The zero-order valence-corrected chi connectivity index (χ0v) is 15.1. The maximum absolute atomic E-state index is 12.1. The van der Waals surface area contributed by atoms with Gasteiger partial charge in [0.1, 0.15) is 17.5 Å². The van der Waals surface area contributed by atoms with Gasteiger partial charge in [0.25, 0.3) is 0 Å². The molecule has 0 radical (unpaired) electrons. The molecule has 2 fully saturated rings. The molecule has 0 aromatic rings. The zero-order chi connectivity index (χ0) is 17.7. The number of quaternary nitrogens is 1. The summed E-state index contributed by atoms with van der Waals surface area (Å²) in [7, 11) is 0. The summed E-state index contributed by atoms with van der Waals surface area (Å²) in [5.74, 6) is -0.408. The highest BCUT2D eigenvalue weighted by Gasteiger charge is 2.38. The van der Waals surface area contributed by atoms with E-state index in [4.69, 9.17) is 0 Å². The van der Waals surface area contributed by atoms with Gasteiger partial charge < -0.3 is 9.80 Å². The van der Waals surface area contributed by atoms with Gasteiger partial charge in [-0.1, -0.05) is 20.8 Å². The van der Waals surface area contributed by atoms with Crippen LogP contribution in [0.25, 0.3) is 0 Å². The Labute approximate surface area is 144 Å². The Morgan fingerprint density at radius 1 is 1.25 bits per heavy atom. The molecule has 6 nitrogen and oxygen atoms in total. The Balaban J connectivity index is 1.73. The van der Waals surface area contributed by atoms with Crippen molar-refractivity contribution in [3.8, 4) is 0 Å². The van der Waals surface area contributed by atoms with Gasteiger partial charge in [0.2, 0.25) is 5.91 Å². The lowest BCUT2D eigenvalue weighted by Gasteiger charge is -2.32. The lowest BCUT2D eigenvalue weighted by Crippen LogP contribution is -3.15. The number of rotatable bonds is 5. The molecule has 134 valence electrons. The summed E-state index contributed by atoms with van der Waals surface area (Å²) in [4.78, 5) is 43.5. The number of aliphatic imine (C=N–C) groups is 1. The van der Waals surface area contributed by atoms with Crippen molar-refractivity contribution in [2.75, 3.05) is 39.3 Å². The van der Waals surface area contributed by atoms with E-state index in [9.17, 15) is 14.4 Å². The van der Waals surface area contributed by atoms with Crippen molar-refractivity contribution in [1.82, 2.24) is 4.90 Å². The first-order valence-corrected chi connectivity index (χ1v) is 8.99. The highest BCUT2D eigenvalue weighted by Crippen LogP contribution is 2.33. The number of nitrogens with zero attached hydrogens (tertiary/aromatic N) is 2. The third kappa shape index (κ3) is 4.97. The molecule has 1 aliphatic heterocycles. The summed E-state index contributed by atoms with van der Waals surface area (Å²) in [6.07, 6.45) is 3.04. The highest BCUT2D eigenvalue weighted by atomic mass is 16.2. The Bertz CT molecular complexity index is 500. The molecule has 1 heterocycles. The Hall–Kier alpha value is -1.56. The van der Waals surface area contributed by atoms with Crippen LogP contribution < -0.4 is 4.90 Å². The first-order chi connectivity index (χ1) is 11.3. The van der Waals surface area contributed by atoms with E-state index in [0.29, 0.717) is 25.8 Å². The van der Waals surface area contributed by atoms with Crippen LogP contribution in [0.1, 0.15) is 40.0 Å². The number of hydrogen-bond acceptors (Lipinski definition) is 4. The number of ketones is 2. The Morgan fingerprint density at radius 3 is 2.38 bits per heavy atom. The molecule has 1 N–H and O–H groups in total. The van der Waals surface area contributed by atoms with Crippen molar-refractivity contribution in [2.24, 2.45) is 16.3 Å². The third-order valence-electron chi connectivity index (χ3n) is 4.97. The summed E-state index contributed by atoms with van der Waals surface area (Å²) in [6.45, 7) is 10.8. The van der Waals surface area contributed by atoms with Gasteiger partial charge in [0.05, 0.1) is 39.3 Å². The second-order valence-electron chi connectivity index (χ2n) is 7.72. The maximum atomic E-state index is 12.1. The second kappa shape index (κ2) is 8.01. The number of amides is 1. The molecule has 0 bridgehead atoms. The van der Waals surface area contributed by atoms with E-state index in [-0.39, 0.29) is 22.9 Å². The number of carbonyl (C=O) groups excluding carboxylic acids is 3. The van der Waals surface area contributed by atoms with E-state index in [1.54, 1.807) is 6.21 Å². The van der Waals surface area contributed by atoms with Crippen LogP contribution in [0.5, 0.6) is 0 Å². The van der Waals surface area contributed by atoms with Gasteiger partial charge in [0.15, 0.2) is 0 Å². The first kappa shape index (κ1) is 18.8. The van der Waals surface area contributed by atoms with Crippen LogP contribution in [-0.2, 0) is 14.4 Å². The van der Waals surface area contributed by atoms with E-state index < -0.39 is 5.92 Å². The van der Waals surface area contributed by atoms with Crippen molar-refractivity contribution in [3.63, 3.8) is 0 Å². The number of piperazine rings is 1. The van der Waals surface area contributed by atoms with E-state index in [1.165, 1.54) is 4.90 Å². The SMILES string of the molecule is CCC(=O)N1CC[NH+](CCN=CC2C(=O)CC(C)(C)CC2=O)CC1. The average Bonchev–Trinajstić information content (AvgIpc) is 2.52. The highest BCUT2D eigenvalue weighted by molar-refractivity contribution is 6.16. The summed E-state index contributed by atoms with van der Waals surface area (Å²) in [5.41, 5.74) is -0.210. The average molecular weight is 336 g/mol. The van der Waals surface area contributed by atoms with Crippen LogP contribution in [0.3, 0.4) is 0 Å². The molecular weight excluding hydrogens is 306 g/mol. The molecule has 0 aromatic heterocycles. The van der Waals surface area contributed by atoms with Crippen molar-refractivity contribution >= 4 is 23.7 Å². The normalized spacial score (nSPS) is 23.2. The summed E-state index contributed by atoms with van der Waals surface area (Å²) in [5, 5.41) is 0. The van der Waals surface area contributed by atoms with Crippen LogP contribution in [0.15, 0.2) is 4.99 Å². The van der Waals surface area contributed by atoms with Gasteiger partial charge in [-0.25, -0.2) is 0 Å². The Morgan fingerprint density at radius 2 is 1.83 bits per heavy atom. The van der Waals surface area contributed by atoms with Gasteiger partial charge in [-0.2, -0.15) is 0 Å². The van der Waals surface area contributed by atoms with Crippen molar-refractivity contribution in [1.29, 1.82) is 0 Å². The largest absolute Gasteiger partial charge is 0.331 e. The van der Waals surface area contributed by atoms with Crippen molar-refractivity contribution in [2.45, 2.75) is 40.0 Å². The lowest BCUT2D eigenvalue weighted by molar-refractivity contribution is -0.902. The molecule has 0 aromatic carbocycles. The molecule has 1 aliphatic carbocycles. The molecule has 2 rings (SSSR count). The fourth-order valence-electron chi connectivity index (χ4n) is 3.52. The van der Waals surface area contributed by atoms with Crippen LogP contribution >= 0.6 is 0 Å².